The number of rotatable bonds is 0. The third kappa shape index (κ3) is 1.09. The highest BCUT2D eigenvalue weighted by molar-refractivity contribution is 5.87. The molecule has 0 amide bonds. The van der Waals surface area contributed by atoms with Crippen LogP contribution in [0.15, 0.2) is 12.2 Å². The van der Waals surface area contributed by atoms with Gasteiger partial charge in [0.15, 0.2) is 0 Å². The summed E-state index contributed by atoms with van der Waals surface area (Å²) in [6.07, 6.45) is 4.87. The van der Waals surface area contributed by atoms with Crippen molar-refractivity contribution in [1.29, 1.82) is 0 Å². The molecule has 2 nitrogen and oxygen atoms in total. The largest absolute Gasteiger partial charge is 0.366 e. The standard InChI is InChI=1S/C14H20O2/c1-9-6-12(15)13(3)5-4-11-10(2)8-14(13,7-9)16-11/h9,11H,2,4-8H2,1,3H3/t9-,11+,13-,14+/m0/s1. The topological polar surface area (TPSA) is 26.3 Å². The minimum Gasteiger partial charge on any atom is -0.366 e. The Hall–Kier alpha value is -0.630. The molecule has 0 aromatic carbocycles. The molecule has 1 aliphatic carbocycles. The van der Waals surface area contributed by atoms with Gasteiger partial charge in [-0.25, -0.2) is 0 Å². The molecule has 1 spiro atoms. The summed E-state index contributed by atoms with van der Waals surface area (Å²) < 4.78 is 6.22. The van der Waals surface area contributed by atoms with Crippen LogP contribution in [0.25, 0.3) is 0 Å². The fourth-order valence-corrected chi connectivity index (χ4v) is 4.03. The summed E-state index contributed by atoms with van der Waals surface area (Å²) in [5, 5.41) is 0. The molecule has 88 valence electrons. The number of Topliss-reactive ketones (excluding diaryl/α,β-unsaturated/α-hetero) is 1. The molecule has 0 aromatic rings. The summed E-state index contributed by atoms with van der Waals surface area (Å²) in [7, 11) is 0. The lowest BCUT2D eigenvalue weighted by atomic mass is 9.58. The first-order chi connectivity index (χ1) is 7.47. The van der Waals surface area contributed by atoms with Crippen LogP contribution in [0.2, 0.25) is 0 Å². The molecule has 3 fully saturated rings. The van der Waals surface area contributed by atoms with E-state index < -0.39 is 0 Å². The Morgan fingerprint density at radius 2 is 2.25 bits per heavy atom. The molecule has 2 aliphatic heterocycles. The molecule has 3 rings (SSSR count). The molecule has 2 saturated heterocycles. The lowest BCUT2D eigenvalue weighted by molar-refractivity contribution is -0.190. The van der Waals surface area contributed by atoms with Gasteiger partial charge >= 0.3 is 0 Å². The van der Waals surface area contributed by atoms with Gasteiger partial charge in [0.2, 0.25) is 0 Å². The molecule has 1 saturated carbocycles. The molecule has 0 radical (unpaired) electrons. The summed E-state index contributed by atoms with van der Waals surface area (Å²) >= 11 is 0. The van der Waals surface area contributed by atoms with E-state index in [1.54, 1.807) is 0 Å². The molecule has 0 aromatic heterocycles. The third-order valence-corrected chi connectivity index (χ3v) is 5.08. The van der Waals surface area contributed by atoms with E-state index in [4.69, 9.17) is 4.74 Å². The number of fused-ring (bicyclic) bond motifs is 1. The highest BCUT2D eigenvalue weighted by Gasteiger charge is 2.63. The smallest absolute Gasteiger partial charge is 0.141 e. The van der Waals surface area contributed by atoms with E-state index in [2.05, 4.69) is 20.4 Å². The molecular weight excluding hydrogens is 200 g/mol. The predicted molar refractivity (Wildman–Crippen MR) is 62.1 cm³/mol. The van der Waals surface area contributed by atoms with Gasteiger partial charge in [0.05, 0.1) is 17.1 Å². The molecule has 3 aliphatic rings. The van der Waals surface area contributed by atoms with Gasteiger partial charge in [-0.05, 0) is 37.7 Å². The van der Waals surface area contributed by atoms with Crippen molar-refractivity contribution in [1.82, 2.24) is 0 Å². The van der Waals surface area contributed by atoms with Crippen LogP contribution >= 0.6 is 0 Å². The van der Waals surface area contributed by atoms with Gasteiger partial charge in [-0.15, -0.1) is 0 Å². The zero-order valence-electron chi connectivity index (χ0n) is 10.2. The van der Waals surface area contributed by atoms with Crippen molar-refractivity contribution in [3.05, 3.63) is 12.2 Å². The Bertz CT molecular complexity index is 373. The van der Waals surface area contributed by atoms with Crippen LogP contribution in [0.5, 0.6) is 0 Å². The van der Waals surface area contributed by atoms with Crippen LogP contribution in [0.1, 0.15) is 46.0 Å². The maximum atomic E-state index is 12.3. The van der Waals surface area contributed by atoms with E-state index in [1.807, 2.05) is 0 Å². The van der Waals surface area contributed by atoms with E-state index >= 15 is 0 Å². The second-order valence-corrected chi connectivity index (χ2v) is 6.24. The van der Waals surface area contributed by atoms with Crippen LogP contribution < -0.4 is 0 Å². The molecule has 2 bridgehead atoms. The van der Waals surface area contributed by atoms with Crippen molar-refractivity contribution in [3.8, 4) is 0 Å². The average Bonchev–Trinajstić information content (AvgIpc) is 2.45. The Morgan fingerprint density at radius 3 is 3.00 bits per heavy atom. The summed E-state index contributed by atoms with van der Waals surface area (Å²) in [6.45, 7) is 8.42. The van der Waals surface area contributed by atoms with Gasteiger partial charge in [-0.2, -0.15) is 0 Å². The van der Waals surface area contributed by atoms with Crippen molar-refractivity contribution >= 4 is 5.78 Å². The van der Waals surface area contributed by atoms with Crippen LogP contribution in [0.3, 0.4) is 0 Å². The van der Waals surface area contributed by atoms with Crippen molar-refractivity contribution < 1.29 is 9.53 Å². The molecule has 0 N–H and O–H groups in total. The first-order valence-corrected chi connectivity index (χ1v) is 6.36. The number of hydrogen-bond acceptors (Lipinski definition) is 2. The summed E-state index contributed by atoms with van der Waals surface area (Å²) in [6, 6.07) is 0. The van der Waals surface area contributed by atoms with Crippen LogP contribution in [-0.4, -0.2) is 17.5 Å². The Balaban J connectivity index is 2.06. The Labute approximate surface area is 97.1 Å². The third-order valence-electron chi connectivity index (χ3n) is 5.08. The normalized spacial score (nSPS) is 51.6. The van der Waals surface area contributed by atoms with Gasteiger partial charge in [-0.3, -0.25) is 4.79 Å². The van der Waals surface area contributed by atoms with Gasteiger partial charge in [-0.1, -0.05) is 13.5 Å². The van der Waals surface area contributed by atoms with Gasteiger partial charge in [0.1, 0.15) is 5.78 Å². The van der Waals surface area contributed by atoms with E-state index in [1.165, 1.54) is 5.57 Å². The Morgan fingerprint density at radius 1 is 1.50 bits per heavy atom. The predicted octanol–water partition coefficient (Wildman–Crippen LogP) is 2.87. The summed E-state index contributed by atoms with van der Waals surface area (Å²) in [5.74, 6) is 0.879. The molecule has 2 heteroatoms. The second kappa shape index (κ2) is 2.98. The maximum Gasteiger partial charge on any atom is 0.141 e. The fraction of sp³-hybridized carbons (Fsp3) is 0.786. The first kappa shape index (κ1) is 10.5. The van der Waals surface area contributed by atoms with Crippen molar-refractivity contribution in [2.75, 3.05) is 0 Å². The molecule has 16 heavy (non-hydrogen) atoms. The number of ketones is 1. The van der Waals surface area contributed by atoms with E-state index in [9.17, 15) is 4.79 Å². The molecule has 2 heterocycles. The highest BCUT2D eigenvalue weighted by Crippen LogP contribution is 2.59. The second-order valence-electron chi connectivity index (χ2n) is 6.24. The number of carbonyl (C=O) groups excluding carboxylic acids is 1. The summed E-state index contributed by atoms with van der Waals surface area (Å²) in [5.41, 5.74) is 0.766. The highest BCUT2D eigenvalue weighted by atomic mass is 16.5. The molecular formula is C14H20O2. The van der Waals surface area contributed by atoms with Gasteiger partial charge in [0, 0.05) is 12.8 Å². The van der Waals surface area contributed by atoms with Crippen LogP contribution in [0.4, 0.5) is 0 Å². The Kier molecular flexibility index (Phi) is 1.96. The summed E-state index contributed by atoms with van der Waals surface area (Å²) in [4.78, 5) is 12.3. The average molecular weight is 220 g/mol. The minimum atomic E-state index is -0.241. The monoisotopic (exact) mass is 220 g/mol. The van der Waals surface area contributed by atoms with Crippen LogP contribution in [0, 0.1) is 11.3 Å². The molecule has 4 atom stereocenters. The quantitative estimate of drug-likeness (QED) is 0.587. The van der Waals surface area contributed by atoms with Gasteiger partial charge in [0.25, 0.3) is 0 Å². The lowest BCUT2D eigenvalue weighted by Crippen LogP contribution is -2.58. The SMILES string of the molecule is C=C1C[C@]23C[C@@H](C)CC(=O)[C@]2(C)CC[C@H]1O3. The van der Waals surface area contributed by atoms with Crippen LogP contribution in [-0.2, 0) is 9.53 Å². The van der Waals surface area contributed by atoms with Crippen molar-refractivity contribution in [3.63, 3.8) is 0 Å². The first-order valence-electron chi connectivity index (χ1n) is 6.36. The van der Waals surface area contributed by atoms with Gasteiger partial charge < -0.3 is 4.74 Å². The molecule has 0 unspecified atom stereocenters. The zero-order valence-corrected chi connectivity index (χ0v) is 10.2. The maximum absolute atomic E-state index is 12.3. The van der Waals surface area contributed by atoms with E-state index in [0.29, 0.717) is 11.7 Å². The zero-order chi connectivity index (χ0) is 11.6. The van der Waals surface area contributed by atoms with E-state index in [-0.39, 0.29) is 17.1 Å². The number of hydrogen-bond donors (Lipinski definition) is 0. The number of ether oxygens (including phenoxy) is 1. The minimum absolute atomic E-state index is 0.207. The van der Waals surface area contributed by atoms with E-state index in [0.717, 1.165) is 32.1 Å². The fourth-order valence-electron chi connectivity index (χ4n) is 4.03. The lowest BCUT2D eigenvalue weighted by Gasteiger charge is -2.52. The van der Waals surface area contributed by atoms with Crippen molar-refractivity contribution in [2.24, 2.45) is 11.3 Å². The number of carbonyl (C=O) groups is 1. The van der Waals surface area contributed by atoms with Crippen molar-refractivity contribution in [2.45, 2.75) is 57.7 Å².